The second-order valence-corrected chi connectivity index (χ2v) is 7.09. The number of pyridine rings is 2. The first kappa shape index (κ1) is 20.0. The summed E-state index contributed by atoms with van der Waals surface area (Å²) < 4.78 is 0. The van der Waals surface area contributed by atoms with Gasteiger partial charge in [-0.25, -0.2) is 10.2 Å². The average Bonchev–Trinajstić information content (AvgIpc) is 2.78. The Morgan fingerprint density at radius 3 is 2.45 bits per heavy atom. The van der Waals surface area contributed by atoms with Gasteiger partial charge in [0.15, 0.2) is 0 Å². The van der Waals surface area contributed by atoms with Gasteiger partial charge < -0.3 is 5.32 Å². The Balaban J connectivity index is 1.44. The number of carbonyl (C=O) groups is 2. The van der Waals surface area contributed by atoms with Crippen LogP contribution in [0, 0.1) is 13.8 Å². The number of fused-ring (bicyclic) bond motifs is 1. The quantitative estimate of drug-likeness (QED) is 0.436. The molecule has 3 amide bonds. The number of urea groups is 1. The molecule has 0 aliphatic rings. The highest BCUT2D eigenvalue weighted by Gasteiger charge is 2.13. The molecule has 0 aliphatic carbocycles. The standard InChI is InChI=1S/C24H21N5O2/c1-15-7-3-5-9-20(15)27-24(31)29-28-23(30)19-11-12-22(26-16(19)2)18-13-17-8-4-6-10-21(17)25-14-18/h3-14H,1-2H3,(H,28,30)(H2,27,29,31). The molecule has 4 aromatic rings. The van der Waals surface area contributed by atoms with E-state index in [-0.39, 0.29) is 0 Å². The average molecular weight is 411 g/mol. The van der Waals surface area contributed by atoms with Gasteiger partial charge in [0.05, 0.1) is 22.5 Å². The number of aryl methyl sites for hydroxylation is 2. The number of carbonyl (C=O) groups excluding carboxylic acids is 2. The van der Waals surface area contributed by atoms with Crippen molar-refractivity contribution in [1.29, 1.82) is 0 Å². The van der Waals surface area contributed by atoms with Gasteiger partial charge in [-0.15, -0.1) is 0 Å². The molecule has 7 heteroatoms. The number of hydrogen-bond acceptors (Lipinski definition) is 4. The topological polar surface area (TPSA) is 96.0 Å². The SMILES string of the molecule is Cc1ccccc1NC(=O)NNC(=O)c1ccc(-c2cnc3ccccc3c2)nc1C. The van der Waals surface area contributed by atoms with Crippen LogP contribution in [0.25, 0.3) is 22.2 Å². The number of amides is 3. The van der Waals surface area contributed by atoms with Crippen molar-refractivity contribution in [2.24, 2.45) is 0 Å². The van der Waals surface area contributed by atoms with E-state index in [4.69, 9.17) is 0 Å². The maximum absolute atomic E-state index is 12.5. The molecule has 0 bridgehead atoms. The van der Waals surface area contributed by atoms with Crippen LogP contribution in [0.3, 0.4) is 0 Å². The van der Waals surface area contributed by atoms with Gasteiger partial charge in [0, 0.05) is 22.8 Å². The third-order valence-electron chi connectivity index (χ3n) is 4.90. The van der Waals surface area contributed by atoms with E-state index in [1.807, 2.05) is 55.5 Å². The van der Waals surface area contributed by atoms with E-state index in [0.717, 1.165) is 27.7 Å². The number of aromatic nitrogens is 2. The Hall–Kier alpha value is -4.26. The fourth-order valence-electron chi connectivity index (χ4n) is 3.22. The Morgan fingerprint density at radius 1 is 0.871 bits per heavy atom. The lowest BCUT2D eigenvalue weighted by atomic mass is 10.1. The molecule has 0 unspecified atom stereocenters. The molecule has 154 valence electrons. The first-order valence-electron chi connectivity index (χ1n) is 9.77. The summed E-state index contributed by atoms with van der Waals surface area (Å²) in [7, 11) is 0. The van der Waals surface area contributed by atoms with Crippen LogP contribution in [-0.2, 0) is 0 Å². The van der Waals surface area contributed by atoms with E-state index in [0.29, 0.717) is 16.9 Å². The molecule has 0 radical (unpaired) electrons. The van der Waals surface area contributed by atoms with Crippen LogP contribution in [0.15, 0.2) is 72.9 Å². The lowest BCUT2D eigenvalue weighted by Crippen LogP contribution is -2.44. The van der Waals surface area contributed by atoms with Crippen molar-refractivity contribution in [2.45, 2.75) is 13.8 Å². The number of para-hydroxylation sites is 2. The molecule has 7 nitrogen and oxygen atoms in total. The Kier molecular flexibility index (Phi) is 5.57. The summed E-state index contributed by atoms with van der Waals surface area (Å²) in [5.74, 6) is -0.451. The van der Waals surface area contributed by atoms with Gasteiger partial charge in [-0.05, 0) is 49.7 Å². The van der Waals surface area contributed by atoms with Crippen LogP contribution >= 0.6 is 0 Å². The van der Waals surface area contributed by atoms with Gasteiger partial charge in [0.25, 0.3) is 5.91 Å². The molecule has 0 saturated heterocycles. The minimum absolute atomic E-state index is 0.369. The summed E-state index contributed by atoms with van der Waals surface area (Å²) in [6.45, 7) is 3.64. The molecular formula is C24H21N5O2. The fourth-order valence-corrected chi connectivity index (χ4v) is 3.22. The van der Waals surface area contributed by atoms with Crippen molar-refractivity contribution >= 4 is 28.5 Å². The van der Waals surface area contributed by atoms with Crippen molar-refractivity contribution in [1.82, 2.24) is 20.8 Å². The van der Waals surface area contributed by atoms with E-state index in [2.05, 4.69) is 26.1 Å². The van der Waals surface area contributed by atoms with Crippen LogP contribution in [-0.4, -0.2) is 21.9 Å². The number of hydrazine groups is 1. The zero-order valence-electron chi connectivity index (χ0n) is 17.1. The van der Waals surface area contributed by atoms with Crippen LogP contribution in [0.4, 0.5) is 10.5 Å². The molecule has 2 heterocycles. The second kappa shape index (κ2) is 8.62. The third kappa shape index (κ3) is 4.51. The Labute approximate surface area is 179 Å². The maximum atomic E-state index is 12.5. The maximum Gasteiger partial charge on any atom is 0.337 e. The highest BCUT2D eigenvalue weighted by Crippen LogP contribution is 2.22. The predicted molar refractivity (Wildman–Crippen MR) is 121 cm³/mol. The van der Waals surface area contributed by atoms with Gasteiger partial charge in [-0.1, -0.05) is 36.4 Å². The lowest BCUT2D eigenvalue weighted by Gasteiger charge is -2.12. The molecule has 0 fully saturated rings. The predicted octanol–water partition coefficient (Wildman–Crippen LogP) is 4.38. The number of benzene rings is 2. The van der Waals surface area contributed by atoms with Crippen molar-refractivity contribution in [3.05, 3.63) is 89.7 Å². The zero-order chi connectivity index (χ0) is 21.8. The normalized spacial score (nSPS) is 10.5. The van der Waals surface area contributed by atoms with E-state index < -0.39 is 11.9 Å². The third-order valence-corrected chi connectivity index (χ3v) is 4.90. The molecule has 3 N–H and O–H groups in total. The van der Waals surface area contributed by atoms with Gasteiger partial charge in [-0.2, -0.15) is 0 Å². The molecule has 2 aromatic carbocycles. The highest BCUT2D eigenvalue weighted by atomic mass is 16.2. The van der Waals surface area contributed by atoms with Gasteiger partial charge in [-0.3, -0.25) is 20.2 Å². The number of nitrogens with one attached hydrogen (secondary N) is 3. The Morgan fingerprint density at radius 2 is 1.65 bits per heavy atom. The smallest absolute Gasteiger partial charge is 0.306 e. The highest BCUT2D eigenvalue weighted by molar-refractivity contribution is 5.98. The van der Waals surface area contributed by atoms with E-state index in [1.165, 1.54) is 0 Å². The molecule has 0 saturated carbocycles. The number of rotatable bonds is 3. The molecule has 31 heavy (non-hydrogen) atoms. The summed E-state index contributed by atoms with van der Waals surface area (Å²) in [6, 6.07) is 20.2. The van der Waals surface area contributed by atoms with E-state index in [1.54, 1.807) is 31.3 Å². The molecule has 0 spiro atoms. The largest absolute Gasteiger partial charge is 0.337 e. The minimum atomic E-state index is -0.535. The monoisotopic (exact) mass is 411 g/mol. The van der Waals surface area contributed by atoms with Gasteiger partial charge >= 0.3 is 6.03 Å². The van der Waals surface area contributed by atoms with Crippen LogP contribution in [0.1, 0.15) is 21.6 Å². The van der Waals surface area contributed by atoms with Gasteiger partial charge in [0.2, 0.25) is 0 Å². The first-order valence-corrected chi connectivity index (χ1v) is 9.77. The molecular weight excluding hydrogens is 390 g/mol. The molecule has 0 atom stereocenters. The van der Waals surface area contributed by atoms with Crippen molar-refractivity contribution < 1.29 is 9.59 Å². The molecule has 2 aromatic heterocycles. The zero-order valence-corrected chi connectivity index (χ0v) is 17.1. The van der Waals surface area contributed by atoms with E-state index in [9.17, 15) is 9.59 Å². The first-order chi connectivity index (χ1) is 15.0. The summed E-state index contributed by atoms with van der Waals surface area (Å²) >= 11 is 0. The molecule has 4 rings (SSSR count). The van der Waals surface area contributed by atoms with Gasteiger partial charge in [0.1, 0.15) is 0 Å². The number of hydrogen-bond donors (Lipinski definition) is 3. The Bertz CT molecular complexity index is 1290. The summed E-state index contributed by atoms with van der Waals surface area (Å²) in [5.41, 5.74) is 9.77. The number of nitrogens with zero attached hydrogens (tertiary/aromatic N) is 2. The summed E-state index contributed by atoms with van der Waals surface area (Å²) in [4.78, 5) is 33.6. The lowest BCUT2D eigenvalue weighted by molar-refractivity contribution is 0.0937. The van der Waals surface area contributed by atoms with Crippen molar-refractivity contribution in [3.8, 4) is 11.3 Å². The number of anilines is 1. The van der Waals surface area contributed by atoms with Crippen LogP contribution in [0.5, 0.6) is 0 Å². The second-order valence-electron chi connectivity index (χ2n) is 7.09. The molecule has 0 aliphatic heterocycles. The van der Waals surface area contributed by atoms with Crippen LogP contribution in [0.2, 0.25) is 0 Å². The fraction of sp³-hybridized carbons (Fsp3) is 0.0833. The van der Waals surface area contributed by atoms with Crippen molar-refractivity contribution in [2.75, 3.05) is 5.32 Å². The van der Waals surface area contributed by atoms with Crippen molar-refractivity contribution in [3.63, 3.8) is 0 Å². The minimum Gasteiger partial charge on any atom is -0.306 e. The van der Waals surface area contributed by atoms with E-state index >= 15 is 0 Å². The van der Waals surface area contributed by atoms with Crippen LogP contribution < -0.4 is 16.2 Å². The summed E-state index contributed by atoms with van der Waals surface area (Å²) in [6.07, 6.45) is 1.77. The summed E-state index contributed by atoms with van der Waals surface area (Å²) in [5, 5.41) is 3.71.